The molecule has 29 heavy (non-hydrogen) atoms. The molecule has 3 aromatic heterocycles. The Morgan fingerprint density at radius 1 is 1.28 bits per heavy atom. The highest BCUT2D eigenvalue weighted by Crippen LogP contribution is 2.30. The minimum Gasteiger partial charge on any atom is -0.479 e. The van der Waals surface area contributed by atoms with E-state index in [0.717, 1.165) is 21.3 Å². The Kier molecular flexibility index (Phi) is 5.97. The Morgan fingerprint density at radius 2 is 2.07 bits per heavy atom. The lowest BCUT2D eigenvalue weighted by Crippen LogP contribution is -2.15. The highest BCUT2D eigenvalue weighted by molar-refractivity contribution is 14.1. The number of rotatable bonds is 6. The summed E-state index contributed by atoms with van der Waals surface area (Å²) >= 11 is 2.19. The van der Waals surface area contributed by atoms with Gasteiger partial charge in [0.2, 0.25) is 5.88 Å². The van der Waals surface area contributed by atoms with Crippen molar-refractivity contribution in [2.45, 2.75) is 45.6 Å². The van der Waals surface area contributed by atoms with Gasteiger partial charge >= 0.3 is 5.97 Å². The van der Waals surface area contributed by atoms with Crippen LogP contribution in [0.4, 0.5) is 0 Å². The normalized spacial score (nSPS) is 15.0. The Labute approximate surface area is 181 Å². The first-order chi connectivity index (χ1) is 14.1. The van der Waals surface area contributed by atoms with Gasteiger partial charge in [0, 0.05) is 12.7 Å². The zero-order chi connectivity index (χ0) is 20.4. The third-order valence-electron chi connectivity index (χ3n) is 5.15. The van der Waals surface area contributed by atoms with Crippen LogP contribution in [0.25, 0.3) is 17.0 Å². The largest absolute Gasteiger partial charge is 0.479 e. The van der Waals surface area contributed by atoms with Crippen molar-refractivity contribution < 1.29 is 14.3 Å². The number of hydrogen-bond acceptors (Lipinski definition) is 7. The summed E-state index contributed by atoms with van der Waals surface area (Å²) in [5.74, 6) is 0.955. The van der Waals surface area contributed by atoms with Gasteiger partial charge in [0.1, 0.15) is 9.22 Å². The monoisotopic (exact) mass is 510 g/mol. The number of carbonyl (C=O) groups excluding carboxylic acids is 1. The predicted octanol–water partition coefficient (Wildman–Crippen LogP) is 3.38. The molecule has 3 heterocycles. The van der Waals surface area contributed by atoms with Gasteiger partial charge in [0.25, 0.3) is 5.95 Å². The van der Waals surface area contributed by atoms with Crippen molar-refractivity contribution in [2.75, 3.05) is 13.7 Å². The fraction of sp³-hybridized carbons (Fsp3) is 0.526. The second kappa shape index (κ2) is 8.64. The lowest BCUT2D eigenvalue weighted by atomic mass is 9.89. The zero-order valence-electron chi connectivity index (χ0n) is 16.5. The van der Waals surface area contributed by atoms with E-state index < -0.39 is 5.97 Å². The van der Waals surface area contributed by atoms with Crippen LogP contribution in [0.2, 0.25) is 0 Å². The summed E-state index contributed by atoms with van der Waals surface area (Å²) in [6.45, 7) is 2.91. The summed E-state index contributed by atoms with van der Waals surface area (Å²) in [6, 6.07) is 0. The average Bonchev–Trinajstić information content (AvgIpc) is 3.34. The van der Waals surface area contributed by atoms with Crippen LogP contribution in [0.3, 0.4) is 0 Å². The molecular weight excluding hydrogens is 487 g/mol. The molecule has 10 heteroatoms. The smallest absolute Gasteiger partial charge is 0.341 e. The molecular formula is C19H23IN6O3. The van der Waals surface area contributed by atoms with Gasteiger partial charge in [-0.25, -0.2) is 14.5 Å². The van der Waals surface area contributed by atoms with Crippen LogP contribution in [-0.2, 0) is 11.3 Å². The Balaban J connectivity index is 1.71. The maximum Gasteiger partial charge on any atom is 0.341 e. The summed E-state index contributed by atoms with van der Waals surface area (Å²) < 4.78 is 14.8. The van der Waals surface area contributed by atoms with Gasteiger partial charge in [-0.15, -0.1) is 0 Å². The Hall–Kier alpha value is -2.24. The van der Waals surface area contributed by atoms with Crippen molar-refractivity contribution in [3.05, 3.63) is 21.7 Å². The maximum absolute atomic E-state index is 11.9. The molecule has 4 rings (SSSR count). The first kappa shape index (κ1) is 20.0. The third-order valence-corrected chi connectivity index (χ3v) is 5.88. The van der Waals surface area contributed by atoms with Crippen LogP contribution >= 0.6 is 22.6 Å². The van der Waals surface area contributed by atoms with Gasteiger partial charge in [0.05, 0.1) is 25.5 Å². The van der Waals surface area contributed by atoms with Crippen LogP contribution in [0.1, 0.15) is 49.4 Å². The number of halogens is 1. The van der Waals surface area contributed by atoms with Gasteiger partial charge in [-0.3, -0.25) is 4.68 Å². The fourth-order valence-corrected chi connectivity index (χ4v) is 4.38. The van der Waals surface area contributed by atoms with Crippen LogP contribution in [-0.4, -0.2) is 49.2 Å². The van der Waals surface area contributed by atoms with E-state index in [2.05, 4.69) is 37.7 Å². The lowest BCUT2D eigenvalue weighted by molar-refractivity contribution is 0.0526. The number of hydrogen-bond donors (Lipinski definition) is 0. The lowest BCUT2D eigenvalue weighted by Gasteiger charge is -2.21. The molecule has 0 bridgehead atoms. The topological polar surface area (TPSA) is 96.9 Å². The minimum atomic E-state index is -0.429. The number of ether oxygens (including phenoxy) is 2. The summed E-state index contributed by atoms with van der Waals surface area (Å²) in [5.41, 5.74) is 1.86. The molecule has 0 atom stereocenters. The highest BCUT2D eigenvalue weighted by atomic mass is 127. The SMILES string of the molecule is CCOC(=O)c1cnn(-c2nc(OC)c3c(n2)c(I)nn3CC2CCCCC2)c1. The zero-order valence-corrected chi connectivity index (χ0v) is 18.6. The van der Waals surface area contributed by atoms with E-state index in [4.69, 9.17) is 14.6 Å². The first-order valence-electron chi connectivity index (χ1n) is 9.81. The average molecular weight is 510 g/mol. The maximum atomic E-state index is 11.9. The van der Waals surface area contributed by atoms with Crippen LogP contribution in [0.15, 0.2) is 12.4 Å². The van der Waals surface area contributed by atoms with Crippen molar-refractivity contribution in [2.24, 2.45) is 5.92 Å². The molecule has 1 aliphatic carbocycles. The summed E-state index contributed by atoms with van der Waals surface area (Å²) in [6.07, 6.45) is 9.32. The number of nitrogens with zero attached hydrogens (tertiary/aromatic N) is 6. The van der Waals surface area contributed by atoms with Crippen molar-refractivity contribution in [3.63, 3.8) is 0 Å². The number of methoxy groups -OCH3 is 1. The quantitative estimate of drug-likeness (QED) is 0.371. The number of carbonyl (C=O) groups is 1. The number of aromatic nitrogens is 6. The highest BCUT2D eigenvalue weighted by Gasteiger charge is 2.22. The summed E-state index contributed by atoms with van der Waals surface area (Å²) in [4.78, 5) is 21.1. The van der Waals surface area contributed by atoms with E-state index in [1.165, 1.54) is 43.0 Å². The Bertz CT molecular complexity index is 1020. The van der Waals surface area contributed by atoms with Crippen molar-refractivity contribution in [1.82, 2.24) is 29.5 Å². The molecule has 154 valence electrons. The van der Waals surface area contributed by atoms with E-state index in [1.54, 1.807) is 20.2 Å². The van der Waals surface area contributed by atoms with Gasteiger partial charge < -0.3 is 9.47 Å². The molecule has 0 saturated heterocycles. The predicted molar refractivity (Wildman–Crippen MR) is 114 cm³/mol. The molecule has 1 saturated carbocycles. The van der Waals surface area contributed by atoms with Crippen molar-refractivity contribution in [1.29, 1.82) is 0 Å². The van der Waals surface area contributed by atoms with Gasteiger partial charge in [-0.05, 0) is 48.3 Å². The van der Waals surface area contributed by atoms with Gasteiger partial charge in [0.15, 0.2) is 5.52 Å². The van der Waals surface area contributed by atoms with E-state index in [1.807, 2.05) is 4.68 Å². The Morgan fingerprint density at radius 3 is 2.79 bits per heavy atom. The molecule has 1 fully saturated rings. The first-order valence-corrected chi connectivity index (χ1v) is 10.9. The summed E-state index contributed by atoms with van der Waals surface area (Å²) in [5, 5.41) is 8.91. The molecule has 0 spiro atoms. The minimum absolute atomic E-state index is 0.304. The van der Waals surface area contributed by atoms with E-state index >= 15 is 0 Å². The van der Waals surface area contributed by atoms with Crippen LogP contribution < -0.4 is 4.74 Å². The van der Waals surface area contributed by atoms with Gasteiger partial charge in [-0.1, -0.05) is 19.3 Å². The molecule has 9 nitrogen and oxygen atoms in total. The second-order valence-electron chi connectivity index (χ2n) is 7.10. The molecule has 0 unspecified atom stereocenters. The molecule has 0 aromatic carbocycles. The van der Waals surface area contributed by atoms with Crippen molar-refractivity contribution in [3.8, 4) is 11.8 Å². The van der Waals surface area contributed by atoms with E-state index in [0.29, 0.717) is 29.9 Å². The van der Waals surface area contributed by atoms with Crippen LogP contribution in [0, 0.1) is 9.62 Å². The molecule has 0 radical (unpaired) electrons. The fourth-order valence-electron chi connectivity index (χ4n) is 3.75. The molecule has 0 amide bonds. The molecule has 3 aromatic rings. The number of fused-ring (bicyclic) bond motifs is 1. The van der Waals surface area contributed by atoms with Crippen molar-refractivity contribution >= 4 is 39.6 Å². The molecule has 0 aliphatic heterocycles. The third kappa shape index (κ3) is 4.07. The molecule has 1 aliphatic rings. The molecule has 0 N–H and O–H groups in total. The second-order valence-corrected chi connectivity index (χ2v) is 8.12. The summed E-state index contributed by atoms with van der Waals surface area (Å²) in [7, 11) is 1.59. The van der Waals surface area contributed by atoms with Gasteiger partial charge in [-0.2, -0.15) is 15.2 Å². The van der Waals surface area contributed by atoms with Crippen LogP contribution in [0.5, 0.6) is 5.88 Å². The van der Waals surface area contributed by atoms with E-state index in [9.17, 15) is 4.79 Å². The number of esters is 1. The standard InChI is InChI=1S/C19H23IN6O3/c1-3-29-18(27)13-9-21-26(11-13)19-22-14-15(17(23-19)28-2)25(24-16(14)20)10-12-7-5-4-6-8-12/h9,11-12H,3-8,10H2,1-2H3. The van der Waals surface area contributed by atoms with E-state index in [-0.39, 0.29) is 0 Å².